The van der Waals surface area contributed by atoms with Crippen LogP contribution in [-0.2, 0) is 14.3 Å². The number of amides is 1. The van der Waals surface area contributed by atoms with E-state index in [0.29, 0.717) is 16.7 Å². The van der Waals surface area contributed by atoms with Gasteiger partial charge in [0.05, 0.1) is 21.9 Å². The molecule has 2 fully saturated rings. The Bertz CT molecular complexity index is 1440. The smallest absolute Gasteiger partial charge is 0.257 e. The number of hydrogen-bond donors (Lipinski definition) is 2. The highest BCUT2D eigenvalue weighted by molar-refractivity contribution is 7.91. The lowest BCUT2D eigenvalue weighted by Gasteiger charge is -2.43. The Balaban J connectivity index is 1.61. The molecule has 0 aromatic heterocycles. The molecule has 2 aromatic rings. The zero-order valence-electron chi connectivity index (χ0n) is 28.0. The highest BCUT2D eigenvalue weighted by Crippen LogP contribution is 2.54. The second-order valence-electron chi connectivity index (χ2n) is 16.0. The first-order chi connectivity index (χ1) is 19.6. The summed E-state index contributed by atoms with van der Waals surface area (Å²) in [5, 5.41) is 6.67. The van der Waals surface area contributed by atoms with E-state index >= 15 is 0 Å². The van der Waals surface area contributed by atoms with Gasteiger partial charge in [-0.2, -0.15) is 0 Å². The minimum atomic E-state index is -3.49. The molecule has 1 heterocycles. The van der Waals surface area contributed by atoms with Crippen molar-refractivity contribution in [3.63, 3.8) is 0 Å². The fourth-order valence-corrected chi connectivity index (χ4v) is 9.28. The van der Waals surface area contributed by atoms with E-state index in [2.05, 4.69) is 69.3 Å². The predicted octanol–water partition coefficient (Wildman–Crippen LogP) is 8.31. The van der Waals surface area contributed by atoms with Gasteiger partial charge in [0.25, 0.3) is 5.91 Å². The van der Waals surface area contributed by atoms with E-state index in [1.807, 2.05) is 32.9 Å². The Labute approximate surface area is 261 Å². The lowest BCUT2D eigenvalue weighted by Crippen LogP contribution is -2.50. The molecule has 0 unspecified atom stereocenters. The van der Waals surface area contributed by atoms with E-state index in [9.17, 15) is 13.2 Å². The Morgan fingerprint density at radius 3 is 2.09 bits per heavy atom. The van der Waals surface area contributed by atoms with Crippen LogP contribution >= 0.6 is 0 Å². The summed E-state index contributed by atoms with van der Waals surface area (Å²) in [5.41, 5.74) is 2.36. The van der Waals surface area contributed by atoms with E-state index < -0.39 is 23.9 Å². The van der Waals surface area contributed by atoms with Crippen LogP contribution in [-0.4, -0.2) is 47.2 Å². The minimum absolute atomic E-state index is 0.0297. The van der Waals surface area contributed by atoms with Crippen LogP contribution in [0.15, 0.2) is 47.4 Å². The molecule has 1 spiro atoms. The maximum atomic E-state index is 13.8. The average Bonchev–Trinajstić information content (AvgIpc) is 3.60. The normalized spacial score (nSPS) is 17.6. The van der Waals surface area contributed by atoms with Gasteiger partial charge in [0.2, 0.25) is 0 Å². The summed E-state index contributed by atoms with van der Waals surface area (Å²) < 4.78 is 32.8. The summed E-state index contributed by atoms with van der Waals surface area (Å²) in [7, 11) is -5.53. The average molecular weight is 628 g/mol. The number of sulfone groups is 1. The second kappa shape index (κ2) is 11.5. The number of nitrogens with one attached hydrogen (secondary N) is 2. The van der Waals surface area contributed by atoms with Crippen LogP contribution in [0.25, 0.3) is 0 Å². The molecule has 4 rings (SSSR count). The summed E-state index contributed by atoms with van der Waals surface area (Å²) >= 11 is 0. The zero-order chi connectivity index (χ0) is 32.1. The van der Waals surface area contributed by atoms with Gasteiger partial charge in [0.1, 0.15) is 5.72 Å². The molecule has 1 aliphatic heterocycles. The van der Waals surface area contributed by atoms with E-state index in [4.69, 9.17) is 4.43 Å². The third-order valence-electron chi connectivity index (χ3n) is 9.20. The fourth-order valence-electron chi connectivity index (χ4n) is 5.75. The molecule has 0 atom stereocenters. The van der Waals surface area contributed by atoms with Crippen molar-refractivity contribution in [3.05, 3.63) is 48.0 Å². The van der Waals surface area contributed by atoms with Crippen LogP contribution < -0.4 is 15.5 Å². The first-order valence-electron chi connectivity index (χ1n) is 15.6. The van der Waals surface area contributed by atoms with Crippen molar-refractivity contribution in [2.24, 2.45) is 10.8 Å². The van der Waals surface area contributed by atoms with E-state index in [-0.39, 0.29) is 27.0 Å². The van der Waals surface area contributed by atoms with E-state index in [1.54, 1.807) is 24.3 Å². The zero-order valence-corrected chi connectivity index (χ0v) is 29.8. The fraction of sp³-hybridized carbons (Fsp3) is 0.618. The number of carbonyl (C=O) groups is 1. The van der Waals surface area contributed by atoms with Gasteiger partial charge in [-0.25, -0.2) is 8.42 Å². The van der Waals surface area contributed by atoms with Crippen LogP contribution in [0, 0.1) is 10.8 Å². The van der Waals surface area contributed by atoms with E-state index in [1.165, 1.54) is 12.8 Å². The van der Waals surface area contributed by atoms with Crippen LogP contribution in [0.2, 0.25) is 18.1 Å². The topological polar surface area (TPSA) is 87.7 Å². The molecular weight excluding hydrogens is 575 g/mol. The van der Waals surface area contributed by atoms with Crippen LogP contribution in [0.1, 0.15) is 91.4 Å². The molecule has 7 nitrogen and oxygen atoms in total. The van der Waals surface area contributed by atoms with E-state index in [0.717, 1.165) is 37.3 Å². The number of nitrogens with zero attached hydrogens (tertiary/aromatic N) is 1. The second-order valence-corrected chi connectivity index (χ2v) is 22.7. The first-order valence-corrected chi connectivity index (χ1v) is 20.2. The molecule has 1 saturated carbocycles. The lowest BCUT2D eigenvalue weighted by atomic mass is 9.93. The summed E-state index contributed by atoms with van der Waals surface area (Å²) in [5.74, 6) is -0.225. The first kappa shape index (κ1) is 33.5. The van der Waals surface area contributed by atoms with Gasteiger partial charge in [-0.1, -0.05) is 47.6 Å². The van der Waals surface area contributed by atoms with Crippen molar-refractivity contribution in [1.29, 1.82) is 0 Å². The summed E-state index contributed by atoms with van der Waals surface area (Å²) in [6.07, 6.45) is 4.89. The maximum absolute atomic E-state index is 13.8. The van der Waals surface area contributed by atoms with Crippen LogP contribution in [0.5, 0.6) is 0 Å². The van der Waals surface area contributed by atoms with Crippen molar-refractivity contribution >= 4 is 41.1 Å². The third-order valence-corrected chi connectivity index (χ3v) is 16.1. The van der Waals surface area contributed by atoms with Gasteiger partial charge in [-0.15, -0.1) is 0 Å². The summed E-state index contributed by atoms with van der Waals surface area (Å²) in [4.78, 5) is 16.3. The number of anilines is 3. The van der Waals surface area contributed by atoms with Crippen molar-refractivity contribution in [3.8, 4) is 0 Å². The summed E-state index contributed by atoms with van der Waals surface area (Å²) in [6, 6.07) is 12.5. The van der Waals surface area contributed by atoms with Crippen molar-refractivity contribution in [2.45, 2.75) is 110 Å². The molecule has 43 heavy (non-hydrogen) atoms. The Morgan fingerprint density at radius 1 is 0.907 bits per heavy atom. The lowest BCUT2D eigenvalue weighted by molar-refractivity contribution is 0.102. The number of benzene rings is 2. The number of piperidine rings is 1. The largest absolute Gasteiger partial charge is 0.395 e. The van der Waals surface area contributed by atoms with Gasteiger partial charge in [0.15, 0.2) is 18.2 Å². The molecule has 238 valence electrons. The number of carbonyl (C=O) groups excluding carboxylic acids is 1. The Kier molecular flexibility index (Phi) is 8.99. The minimum Gasteiger partial charge on any atom is -0.395 e. The van der Waals surface area contributed by atoms with Gasteiger partial charge in [0, 0.05) is 24.5 Å². The molecule has 0 bridgehead atoms. The molecule has 1 amide bonds. The highest BCUT2D eigenvalue weighted by Gasteiger charge is 2.45. The highest BCUT2D eigenvalue weighted by atomic mass is 32.2. The molecule has 9 heteroatoms. The van der Waals surface area contributed by atoms with Gasteiger partial charge >= 0.3 is 0 Å². The van der Waals surface area contributed by atoms with Crippen molar-refractivity contribution in [2.75, 3.05) is 34.4 Å². The molecule has 2 N–H and O–H groups in total. The molecule has 1 saturated heterocycles. The van der Waals surface area contributed by atoms with Crippen LogP contribution in [0.3, 0.4) is 0 Å². The SMILES string of the molecule is CC(C)(C)CS(=O)(=O)c1cccc(NC(=O)c2ccc(NC(C)(C)O[Si](C)(C)C(C)(C)C)cc2N2CCC3(CC2)CC3)c1. The number of hydrogen-bond acceptors (Lipinski definition) is 6. The molecule has 0 radical (unpaired) electrons. The van der Waals surface area contributed by atoms with Gasteiger partial charge in [-0.3, -0.25) is 4.79 Å². The molecular formula is C34H53N3O4SSi. The standard InChI is InChI=1S/C34H53N3O4SSi/c1-31(2,3)24-42(39,40)27-13-11-12-25(22-27)35-30(38)28-15-14-26(36-33(7,8)41-43(9,10)32(4,5)6)23-29(28)37-20-18-34(16-17-34)19-21-37/h11-15,22-23,36H,16-21,24H2,1-10H3,(H,35,38). The van der Waals surface area contributed by atoms with Gasteiger partial charge in [-0.05, 0) is 105 Å². The molecule has 2 aliphatic rings. The molecule has 2 aromatic carbocycles. The van der Waals surface area contributed by atoms with Crippen molar-refractivity contribution < 1.29 is 17.6 Å². The monoisotopic (exact) mass is 627 g/mol. The third kappa shape index (κ3) is 8.42. The van der Waals surface area contributed by atoms with Crippen LogP contribution in [0.4, 0.5) is 17.1 Å². The number of rotatable bonds is 9. The van der Waals surface area contributed by atoms with Crippen molar-refractivity contribution in [1.82, 2.24) is 0 Å². The quantitative estimate of drug-likeness (QED) is 0.215. The van der Waals surface area contributed by atoms with Gasteiger partial charge < -0.3 is 20.0 Å². The summed E-state index contributed by atoms with van der Waals surface area (Å²) in [6.45, 7) is 22.9. The Morgan fingerprint density at radius 2 is 1.53 bits per heavy atom. The molecule has 1 aliphatic carbocycles. The predicted molar refractivity (Wildman–Crippen MR) is 181 cm³/mol. The Hall–Kier alpha value is -2.36. The maximum Gasteiger partial charge on any atom is 0.257 e.